The minimum absolute atomic E-state index is 0.118. The Bertz CT molecular complexity index is 694. The molecule has 6 heteroatoms. The number of carbonyl (C=O) groups is 1. The van der Waals surface area contributed by atoms with Crippen molar-refractivity contribution in [2.24, 2.45) is 5.73 Å². The quantitative estimate of drug-likeness (QED) is 0.853. The molecule has 0 aliphatic heterocycles. The normalized spacial score (nSPS) is 8.87. The summed E-state index contributed by atoms with van der Waals surface area (Å²) in [5, 5.41) is 8.40. The van der Waals surface area contributed by atoms with Gasteiger partial charge in [0.25, 0.3) is 5.91 Å². The van der Waals surface area contributed by atoms with Crippen LogP contribution in [0.1, 0.15) is 5.69 Å². The zero-order valence-electron chi connectivity index (χ0n) is 12.7. The number of ether oxygens (including phenoxy) is 2. The maximum absolute atomic E-state index is 10.4. The third-order valence-corrected chi connectivity index (χ3v) is 2.53. The molecule has 2 rings (SSSR count). The van der Waals surface area contributed by atoms with Crippen LogP contribution in [0.4, 0.5) is 0 Å². The first-order valence-electron chi connectivity index (χ1n) is 6.62. The molecule has 0 atom stereocenters. The average molecular weight is 311 g/mol. The van der Waals surface area contributed by atoms with Crippen LogP contribution in [-0.4, -0.2) is 24.6 Å². The molecule has 6 nitrogen and oxygen atoms in total. The number of nitrogens with two attached hydrogens (primary N) is 1. The highest BCUT2D eigenvalue weighted by atomic mass is 16.5. The molecule has 0 radical (unpaired) electrons. The number of pyridine rings is 1. The zero-order chi connectivity index (χ0) is 17.1. The van der Waals surface area contributed by atoms with Gasteiger partial charge in [-0.05, 0) is 24.3 Å². The van der Waals surface area contributed by atoms with Crippen LogP contribution in [0.5, 0.6) is 11.5 Å². The number of carbonyl (C=O) groups excluding carboxylic acids is 1. The number of primary amides is 1. The fourth-order valence-electron chi connectivity index (χ4n) is 1.44. The number of aromatic nitrogens is 1. The topological polar surface area (TPSA) is 98.2 Å². The second-order valence-electron chi connectivity index (χ2n) is 4.24. The summed E-state index contributed by atoms with van der Waals surface area (Å²) in [7, 11) is 1.56. The van der Waals surface area contributed by atoms with Crippen molar-refractivity contribution in [1.29, 1.82) is 5.26 Å². The zero-order valence-corrected chi connectivity index (χ0v) is 12.7. The van der Waals surface area contributed by atoms with Gasteiger partial charge in [0.1, 0.15) is 17.6 Å². The van der Waals surface area contributed by atoms with Gasteiger partial charge >= 0.3 is 0 Å². The van der Waals surface area contributed by atoms with Crippen LogP contribution in [0.3, 0.4) is 0 Å². The molecule has 0 saturated carbocycles. The summed E-state index contributed by atoms with van der Waals surface area (Å²) in [5.41, 5.74) is 5.96. The Morgan fingerprint density at radius 2 is 2.04 bits per heavy atom. The molecule has 0 fully saturated rings. The number of allylic oxidation sites excluding steroid dienone is 1. The van der Waals surface area contributed by atoms with Crippen molar-refractivity contribution in [3.05, 3.63) is 60.9 Å². The molecule has 0 unspecified atom stereocenters. The van der Waals surface area contributed by atoms with Gasteiger partial charge in [-0.2, -0.15) is 5.26 Å². The summed E-state index contributed by atoms with van der Waals surface area (Å²) in [5.74, 6) is 0.753. The van der Waals surface area contributed by atoms with E-state index < -0.39 is 5.91 Å². The Hall–Kier alpha value is -3.33. The number of amides is 1. The van der Waals surface area contributed by atoms with E-state index >= 15 is 0 Å². The minimum atomic E-state index is -0.497. The monoisotopic (exact) mass is 311 g/mol. The van der Waals surface area contributed by atoms with E-state index in [4.69, 9.17) is 20.5 Å². The van der Waals surface area contributed by atoms with Gasteiger partial charge in [0.05, 0.1) is 18.4 Å². The number of hydrogen-bond donors (Lipinski definition) is 1. The summed E-state index contributed by atoms with van der Waals surface area (Å²) < 4.78 is 10.0. The van der Waals surface area contributed by atoms with Crippen LogP contribution in [0.2, 0.25) is 0 Å². The molecule has 2 N–H and O–H groups in total. The van der Waals surface area contributed by atoms with Gasteiger partial charge in [-0.3, -0.25) is 9.78 Å². The standard InChI is InChI=1S/C9H11NO3.C8H6N2/c1-12-7-3-2-4-8(5-7)13-6-9(10)11;1-7(6-9)8-4-2-3-5-10-8/h2-5H,6H2,1H3,(H2,10,11);2-5H,1H2. The first kappa shape index (κ1) is 17.7. The molecule has 1 aromatic heterocycles. The Morgan fingerprint density at radius 1 is 1.30 bits per heavy atom. The fraction of sp³-hybridized carbons (Fsp3) is 0.118. The third-order valence-electron chi connectivity index (χ3n) is 2.53. The predicted molar refractivity (Wildman–Crippen MR) is 86.6 cm³/mol. The van der Waals surface area contributed by atoms with E-state index in [2.05, 4.69) is 11.6 Å². The van der Waals surface area contributed by atoms with Crippen LogP contribution < -0.4 is 15.2 Å². The second kappa shape index (κ2) is 9.58. The first-order chi connectivity index (χ1) is 11.1. The smallest absolute Gasteiger partial charge is 0.255 e. The molecule has 1 aromatic carbocycles. The molecule has 0 bridgehead atoms. The molecule has 1 heterocycles. The lowest BCUT2D eigenvalue weighted by Gasteiger charge is -2.04. The van der Waals surface area contributed by atoms with Crippen molar-refractivity contribution in [2.75, 3.05) is 13.7 Å². The van der Waals surface area contributed by atoms with E-state index in [0.29, 0.717) is 22.8 Å². The maximum atomic E-state index is 10.4. The molecule has 0 saturated heterocycles. The Morgan fingerprint density at radius 3 is 2.61 bits per heavy atom. The van der Waals surface area contributed by atoms with Crippen LogP contribution in [0.15, 0.2) is 55.2 Å². The van der Waals surface area contributed by atoms with E-state index in [9.17, 15) is 4.79 Å². The number of nitrogens with zero attached hydrogens (tertiary/aromatic N) is 2. The molecule has 23 heavy (non-hydrogen) atoms. The number of methoxy groups -OCH3 is 1. The Labute approximate surface area is 134 Å². The minimum Gasteiger partial charge on any atom is -0.497 e. The summed E-state index contributed by atoms with van der Waals surface area (Å²) in [6.07, 6.45) is 1.64. The van der Waals surface area contributed by atoms with Gasteiger partial charge in [-0.1, -0.05) is 18.7 Å². The highest BCUT2D eigenvalue weighted by Gasteiger charge is 1.98. The van der Waals surface area contributed by atoms with Gasteiger partial charge < -0.3 is 15.2 Å². The van der Waals surface area contributed by atoms with Crippen molar-refractivity contribution in [3.8, 4) is 17.6 Å². The SMILES string of the molecule is C=C(C#N)c1ccccn1.COc1cccc(OCC(N)=O)c1. The maximum Gasteiger partial charge on any atom is 0.255 e. The molecular formula is C17H17N3O3. The highest BCUT2D eigenvalue weighted by Crippen LogP contribution is 2.18. The Kier molecular flexibility index (Phi) is 7.38. The third kappa shape index (κ3) is 6.78. The number of benzene rings is 1. The van der Waals surface area contributed by atoms with E-state index in [1.807, 2.05) is 12.1 Å². The molecule has 0 aliphatic rings. The van der Waals surface area contributed by atoms with E-state index in [-0.39, 0.29) is 6.61 Å². The number of hydrogen-bond acceptors (Lipinski definition) is 5. The molecule has 0 aliphatic carbocycles. The second-order valence-corrected chi connectivity index (χ2v) is 4.24. The molecule has 1 amide bonds. The average Bonchev–Trinajstić information content (AvgIpc) is 2.60. The largest absolute Gasteiger partial charge is 0.497 e. The lowest BCUT2D eigenvalue weighted by molar-refractivity contribution is -0.119. The fourth-order valence-corrected chi connectivity index (χ4v) is 1.44. The van der Waals surface area contributed by atoms with Crippen LogP contribution in [0.25, 0.3) is 5.57 Å². The molecular weight excluding hydrogens is 294 g/mol. The first-order valence-corrected chi connectivity index (χ1v) is 6.62. The van der Waals surface area contributed by atoms with Crippen LogP contribution in [-0.2, 0) is 4.79 Å². The van der Waals surface area contributed by atoms with Gasteiger partial charge in [0.2, 0.25) is 0 Å². The van der Waals surface area contributed by atoms with Gasteiger partial charge in [0.15, 0.2) is 6.61 Å². The lowest BCUT2D eigenvalue weighted by Crippen LogP contribution is -2.19. The summed E-state index contributed by atoms with van der Waals surface area (Å²) in [4.78, 5) is 14.3. The summed E-state index contributed by atoms with van der Waals surface area (Å²) in [6, 6.07) is 14.3. The van der Waals surface area contributed by atoms with Crippen molar-refractivity contribution in [2.45, 2.75) is 0 Å². The van der Waals surface area contributed by atoms with Crippen molar-refractivity contribution in [1.82, 2.24) is 4.98 Å². The molecule has 118 valence electrons. The van der Waals surface area contributed by atoms with Gasteiger partial charge in [0, 0.05) is 12.3 Å². The van der Waals surface area contributed by atoms with Crippen molar-refractivity contribution < 1.29 is 14.3 Å². The lowest BCUT2D eigenvalue weighted by atomic mass is 10.2. The molecule has 0 spiro atoms. The van der Waals surface area contributed by atoms with Gasteiger partial charge in [-0.25, -0.2) is 0 Å². The predicted octanol–water partition coefficient (Wildman–Crippen LogP) is 2.18. The van der Waals surface area contributed by atoms with Crippen LogP contribution >= 0.6 is 0 Å². The van der Waals surface area contributed by atoms with Gasteiger partial charge in [-0.15, -0.1) is 0 Å². The summed E-state index contributed by atoms with van der Waals surface area (Å²) >= 11 is 0. The van der Waals surface area contributed by atoms with Crippen molar-refractivity contribution >= 4 is 11.5 Å². The van der Waals surface area contributed by atoms with E-state index in [1.165, 1.54) is 0 Å². The molecule has 2 aromatic rings. The van der Waals surface area contributed by atoms with Crippen LogP contribution in [0, 0.1) is 11.3 Å². The van der Waals surface area contributed by atoms with E-state index in [0.717, 1.165) is 0 Å². The highest BCUT2D eigenvalue weighted by molar-refractivity contribution is 5.75. The Balaban J connectivity index is 0.000000238. The van der Waals surface area contributed by atoms with E-state index in [1.54, 1.807) is 49.7 Å². The summed E-state index contributed by atoms with van der Waals surface area (Å²) in [6.45, 7) is 3.40. The number of rotatable bonds is 5. The number of nitriles is 1. The van der Waals surface area contributed by atoms with Crippen molar-refractivity contribution in [3.63, 3.8) is 0 Å².